The summed E-state index contributed by atoms with van der Waals surface area (Å²) < 4.78 is 0. The minimum absolute atomic E-state index is 0.597. The normalized spacial score (nSPS) is 11.5. The van der Waals surface area contributed by atoms with E-state index in [2.05, 4.69) is 52.1 Å². The summed E-state index contributed by atoms with van der Waals surface area (Å²) in [7, 11) is -0.701. The van der Waals surface area contributed by atoms with Gasteiger partial charge >= 0.3 is 8.67 Å². The maximum Gasteiger partial charge on any atom is 0.542 e. The maximum absolute atomic E-state index is 5.02. The third-order valence-corrected chi connectivity index (χ3v) is 7.46. The standard InChI is InChI=1S/C32H18N8.Al.3BrH/c1-2-10-18-17(9-1)25-33-26(18)38-28-21-13-5-6-14-22(21)30(35-28)40-32-24-16-8-7-15-23(24)31(36-32)39-29-20-12-4-3-11-19(20)27(34-29)37-25;;;;/h1-16H,(H2,33,34,35,36,37,38,39,40);;3*1H/q;+3;;;/p-3. The molecule has 7 aromatic rings. The molecule has 0 amide bonds. The summed E-state index contributed by atoms with van der Waals surface area (Å²) in [6.45, 7) is 0. The number of nitrogens with one attached hydrogen (secondary N) is 2. The second-order valence-corrected chi connectivity index (χ2v) is 29.8. The van der Waals surface area contributed by atoms with Crippen LogP contribution in [0, 0.1) is 0 Å². The minimum Gasteiger partial charge on any atom is -0.324 e. The molecule has 0 saturated heterocycles. The summed E-state index contributed by atoms with van der Waals surface area (Å²) in [6.07, 6.45) is 0. The molecule has 0 unspecified atom stereocenters. The van der Waals surface area contributed by atoms with E-state index in [0.717, 1.165) is 43.8 Å². The molecule has 12 heteroatoms. The summed E-state index contributed by atoms with van der Waals surface area (Å²) >= 11 is 9.73. The van der Waals surface area contributed by atoms with Crippen LogP contribution in [0.3, 0.4) is 0 Å². The molecule has 2 N–H and O–H groups in total. The molecule has 0 saturated carbocycles. The molecule has 0 spiro atoms. The first-order valence-electron chi connectivity index (χ1n) is 13.6. The van der Waals surface area contributed by atoms with E-state index in [9.17, 15) is 0 Å². The van der Waals surface area contributed by atoms with Gasteiger partial charge in [-0.05, 0) is 0 Å². The Morgan fingerprint density at radius 3 is 0.841 bits per heavy atom. The lowest BCUT2D eigenvalue weighted by Gasteiger charge is -1.96. The van der Waals surface area contributed by atoms with Gasteiger partial charge in [0.15, 0.2) is 23.3 Å². The van der Waals surface area contributed by atoms with E-state index in [1.807, 2.05) is 97.1 Å². The van der Waals surface area contributed by atoms with Crippen molar-refractivity contribution in [1.82, 2.24) is 39.9 Å². The molecule has 210 valence electrons. The number of hydrogen-bond donors (Lipinski definition) is 2. The van der Waals surface area contributed by atoms with Crippen LogP contribution in [0.5, 0.6) is 0 Å². The van der Waals surface area contributed by atoms with Crippen LogP contribution in [0.2, 0.25) is 0 Å². The molecule has 4 aromatic carbocycles. The first kappa shape index (κ1) is 27.7. The smallest absolute Gasteiger partial charge is 0.324 e. The van der Waals surface area contributed by atoms with E-state index in [4.69, 9.17) is 29.9 Å². The Bertz CT molecular complexity index is 2100. The van der Waals surface area contributed by atoms with Crippen molar-refractivity contribution in [3.8, 4) is 45.6 Å². The van der Waals surface area contributed by atoms with E-state index >= 15 is 0 Å². The summed E-state index contributed by atoms with van der Waals surface area (Å²) in [5.41, 5.74) is 6.45. The van der Waals surface area contributed by atoms with Gasteiger partial charge in [-0.2, -0.15) is 42.2 Å². The lowest BCUT2D eigenvalue weighted by Crippen LogP contribution is -1.82. The second kappa shape index (κ2) is 11.3. The first-order valence-corrected chi connectivity index (χ1v) is 23.2. The fourth-order valence-electron chi connectivity index (χ4n) is 5.59. The van der Waals surface area contributed by atoms with Crippen molar-refractivity contribution < 1.29 is 0 Å². The number of halogens is 3. The summed E-state index contributed by atoms with van der Waals surface area (Å²) in [6, 6.07) is 32.2. The largest absolute Gasteiger partial charge is 0.542 e. The summed E-state index contributed by atoms with van der Waals surface area (Å²) in [5.74, 6) is 2.39. The van der Waals surface area contributed by atoms with Crippen LogP contribution in [0.1, 0.15) is 0 Å². The SMILES string of the molecule is [Br][Al]([Br])[Br].c1ccc2c(c1)-c1nc-2nc2[nH]c(nc3nc(nc4[nH]c(n1)c1ccccc41)-c1ccccc1-3)c1ccccc21. The third kappa shape index (κ3) is 4.87. The molecule has 9 rings (SSSR count). The average molecular weight is 781 g/mol. The van der Waals surface area contributed by atoms with Gasteiger partial charge in [0.2, 0.25) is 0 Å². The Balaban J connectivity index is 0.000000684. The highest BCUT2D eigenvalue weighted by Crippen LogP contribution is 2.36. The van der Waals surface area contributed by atoms with Crippen LogP contribution >= 0.6 is 42.2 Å². The molecule has 44 heavy (non-hydrogen) atoms. The van der Waals surface area contributed by atoms with Gasteiger partial charge in [0, 0.05) is 43.8 Å². The number of aromatic nitrogens is 8. The van der Waals surface area contributed by atoms with Gasteiger partial charge in [0.05, 0.1) is 0 Å². The zero-order valence-corrected chi connectivity index (χ0v) is 28.5. The van der Waals surface area contributed by atoms with Crippen molar-refractivity contribution in [2.45, 2.75) is 0 Å². The van der Waals surface area contributed by atoms with Crippen molar-refractivity contribution in [1.29, 1.82) is 0 Å². The average Bonchev–Trinajstić information content (AvgIpc) is 3.76. The van der Waals surface area contributed by atoms with E-state index in [-0.39, 0.29) is 0 Å². The van der Waals surface area contributed by atoms with Gasteiger partial charge < -0.3 is 9.97 Å². The van der Waals surface area contributed by atoms with Crippen molar-refractivity contribution in [3.05, 3.63) is 97.1 Å². The fraction of sp³-hybridized carbons (Fsp3) is 0. The van der Waals surface area contributed by atoms with Gasteiger partial charge in [-0.1, -0.05) is 97.1 Å². The number of fused-ring (bicyclic) bond motifs is 20. The fourth-order valence-corrected chi connectivity index (χ4v) is 5.59. The molecule has 2 aliphatic rings. The molecular weight excluding hydrogens is 763 g/mol. The Kier molecular flexibility index (Phi) is 7.12. The number of aromatic amines is 2. The van der Waals surface area contributed by atoms with E-state index in [1.165, 1.54) is 0 Å². The number of hydrogen-bond acceptors (Lipinski definition) is 6. The monoisotopic (exact) mass is 778 g/mol. The zero-order valence-electron chi connectivity index (χ0n) is 22.6. The number of benzene rings is 4. The molecule has 8 bridgehead atoms. The minimum atomic E-state index is -0.701. The van der Waals surface area contributed by atoms with Crippen LogP contribution < -0.4 is 0 Å². The highest BCUT2D eigenvalue weighted by atomic mass is 80.0. The zero-order chi connectivity index (χ0) is 29.8. The van der Waals surface area contributed by atoms with Gasteiger partial charge in [-0.15, -0.1) is 0 Å². The molecular formula is C32H18AlBr3N8. The molecule has 5 heterocycles. The number of nitrogens with zero attached hydrogens (tertiary/aromatic N) is 6. The molecule has 0 aliphatic carbocycles. The van der Waals surface area contributed by atoms with Gasteiger partial charge in [0.25, 0.3) is 0 Å². The molecule has 8 nitrogen and oxygen atoms in total. The highest BCUT2D eigenvalue weighted by molar-refractivity contribution is 9.69. The molecule has 2 aliphatic heterocycles. The van der Waals surface area contributed by atoms with Gasteiger partial charge in [0.1, 0.15) is 22.6 Å². The van der Waals surface area contributed by atoms with Crippen molar-refractivity contribution in [3.63, 3.8) is 0 Å². The Morgan fingerprint density at radius 1 is 0.364 bits per heavy atom. The summed E-state index contributed by atoms with van der Waals surface area (Å²) in [4.78, 5) is 36.8. The predicted molar refractivity (Wildman–Crippen MR) is 189 cm³/mol. The Labute approximate surface area is 275 Å². The molecule has 3 aromatic heterocycles. The van der Waals surface area contributed by atoms with Crippen LogP contribution in [-0.2, 0) is 0 Å². The Hall–Kier alpha value is -3.79. The number of rotatable bonds is 0. The van der Waals surface area contributed by atoms with E-state index in [1.54, 1.807) is 0 Å². The summed E-state index contributed by atoms with van der Waals surface area (Å²) in [5, 5.41) is 3.82. The lowest BCUT2D eigenvalue weighted by molar-refractivity contribution is 1.19. The van der Waals surface area contributed by atoms with Gasteiger partial charge in [-0.3, -0.25) is 0 Å². The maximum atomic E-state index is 5.02. The third-order valence-electron chi connectivity index (χ3n) is 7.46. The lowest BCUT2D eigenvalue weighted by atomic mass is 10.1. The number of H-pyrrole nitrogens is 2. The van der Waals surface area contributed by atoms with E-state index < -0.39 is 8.67 Å². The van der Waals surface area contributed by atoms with Crippen LogP contribution in [-0.4, -0.2) is 48.5 Å². The van der Waals surface area contributed by atoms with Crippen molar-refractivity contribution in [2.24, 2.45) is 0 Å². The predicted octanol–water partition coefficient (Wildman–Crippen LogP) is 9.03. The van der Waals surface area contributed by atoms with Crippen LogP contribution in [0.15, 0.2) is 97.1 Å². The Morgan fingerprint density at radius 2 is 0.591 bits per heavy atom. The quantitative estimate of drug-likeness (QED) is 0.149. The van der Waals surface area contributed by atoms with Gasteiger partial charge in [-0.25, -0.2) is 29.9 Å². The van der Waals surface area contributed by atoms with E-state index in [0.29, 0.717) is 45.9 Å². The van der Waals surface area contributed by atoms with Crippen LogP contribution in [0.25, 0.3) is 89.7 Å². The second-order valence-electron chi connectivity index (χ2n) is 10.0. The van der Waals surface area contributed by atoms with Crippen LogP contribution in [0.4, 0.5) is 0 Å². The molecule has 0 fully saturated rings. The van der Waals surface area contributed by atoms with Crippen molar-refractivity contribution in [2.75, 3.05) is 0 Å². The highest BCUT2D eigenvalue weighted by Gasteiger charge is 2.21. The van der Waals surface area contributed by atoms with Crippen molar-refractivity contribution >= 4 is 95.0 Å². The first-order chi connectivity index (χ1) is 21.5. The molecule has 0 radical (unpaired) electrons. The molecule has 0 atom stereocenters. The topological polar surface area (TPSA) is 109 Å².